The van der Waals surface area contributed by atoms with Crippen LogP contribution in [-0.4, -0.2) is 65.5 Å². The van der Waals surface area contributed by atoms with Crippen molar-refractivity contribution in [1.29, 1.82) is 0 Å². The maximum Gasteiger partial charge on any atom is 0.338 e. The summed E-state index contributed by atoms with van der Waals surface area (Å²) in [6.07, 6.45) is -0.792. The minimum absolute atomic E-state index is 0.00845. The molecule has 2 aromatic carbocycles. The van der Waals surface area contributed by atoms with Gasteiger partial charge in [-0.1, -0.05) is 29.8 Å². The van der Waals surface area contributed by atoms with Crippen molar-refractivity contribution >= 4 is 23.6 Å². The Balaban J connectivity index is 1.40. The minimum atomic E-state index is -0.431. The highest BCUT2D eigenvalue weighted by molar-refractivity contribution is 8.00. The summed E-state index contributed by atoms with van der Waals surface area (Å²) in [4.78, 5) is 29.7. The van der Waals surface area contributed by atoms with Crippen LogP contribution >= 0.6 is 11.8 Å². The summed E-state index contributed by atoms with van der Waals surface area (Å²) in [5, 5.41) is -0.248. The van der Waals surface area contributed by atoms with E-state index in [-0.39, 0.29) is 35.3 Å². The van der Waals surface area contributed by atoms with Gasteiger partial charge in [0.2, 0.25) is 5.91 Å². The van der Waals surface area contributed by atoms with E-state index in [1.807, 2.05) is 19.1 Å². The second-order valence-electron chi connectivity index (χ2n) is 8.13. The third-order valence-electron chi connectivity index (χ3n) is 6.01. The highest BCUT2D eigenvalue weighted by Gasteiger charge is 2.54. The smallest absolute Gasteiger partial charge is 0.338 e. The van der Waals surface area contributed by atoms with Crippen molar-refractivity contribution in [3.8, 4) is 0 Å². The molecule has 31 heavy (non-hydrogen) atoms. The van der Waals surface area contributed by atoms with Crippen LogP contribution in [0.2, 0.25) is 0 Å². The average molecular weight is 443 g/mol. The van der Waals surface area contributed by atoms with Crippen LogP contribution in [0.5, 0.6) is 0 Å². The van der Waals surface area contributed by atoms with Crippen LogP contribution in [0.4, 0.5) is 4.39 Å². The van der Waals surface area contributed by atoms with E-state index >= 15 is 0 Å². The van der Waals surface area contributed by atoms with Crippen molar-refractivity contribution < 1.29 is 23.5 Å². The van der Waals surface area contributed by atoms with Gasteiger partial charge in [0.05, 0.1) is 30.6 Å². The number of thioether (sulfide) groups is 1. The summed E-state index contributed by atoms with van der Waals surface area (Å²) in [7, 11) is 0. The number of likely N-dealkylation sites (tertiary alicyclic amines) is 1. The van der Waals surface area contributed by atoms with Crippen molar-refractivity contribution in [3.63, 3.8) is 0 Å². The van der Waals surface area contributed by atoms with Crippen LogP contribution in [0.1, 0.15) is 26.9 Å². The molecule has 0 spiro atoms. The van der Waals surface area contributed by atoms with Gasteiger partial charge in [-0.15, -0.1) is 11.8 Å². The lowest BCUT2D eigenvalue weighted by Gasteiger charge is -2.56. The van der Waals surface area contributed by atoms with Crippen LogP contribution in [0.25, 0.3) is 0 Å². The number of ether oxygens (including phenoxy) is 2. The first-order valence-electron chi connectivity index (χ1n) is 10.3. The Labute approximate surface area is 184 Å². The van der Waals surface area contributed by atoms with Crippen molar-refractivity contribution in [2.75, 3.05) is 25.5 Å². The normalized spacial score (nSPS) is 26.5. The van der Waals surface area contributed by atoms with Crippen molar-refractivity contribution in [3.05, 3.63) is 71.0 Å². The van der Waals surface area contributed by atoms with Crippen LogP contribution in [0.3, 0.4) is 0 Å². The molecule has 3 atom stereocenters. The molecule has 0 saturated carbocycles. The Bertz CT molecular complexity index is 997. The van der Waals surface area contributed by atoms with Crippen LogP contribution < -0.4 is 0 Å². The lowest BCUT2D eigenvalue weighted by molar-refractivity contribution is -0.204. The van der Waals surface area contributed by atoms with Gasteiger partial charge in [0.15, 0.2) is 0 Å². The number of hydrogen-bond acceptors (Lipinski definition) is 6. The third kappa shape index (κ3) is 3.84. The highest BCUT2D eigenvalue weighted by atomic mass is 32.2. The molecule has 3 aliphatic heterocycles. The zero-order valence-corrected chi connectivity index (χ0v) is 17.9. The molecule has 8 heteroatoms. The summed E-state index contributed by atoms with van der Waals surface area (Å²) in [6, 6.07) is 13.7. The number of hydrogen-bond donors (Lipinski definition) is 0. The molecule has 162 valence electrons. The zero-order valence-electron chi connectivity index (χ0n) is 17.1. The average Bonchev–Trinajstić information content (AvgIpc) is 3.07. The fourth-order valence-corrected chi connectivity index (χ4v) is 5.49. The fourth-order valence-electron chi connectivity index (χ4n) is 4.29. The molecule has 0 aromatic heterocycles. The van der Waals surface area contributed by atoms with Crippen LogP contribution in [-0.2, 0) is 14.3 Å². The first kappa shape index (κ1) is 20.5. The Morgan fingerprint density at radius 3 is 2.65 bits per heavy atom. The predicted octanol–water partition coefficient (Wildman–Crippen LogP) is 2.97. The number of amides is 1. The lowest BCUT2D eigenvalue weighted by Crippen LogP contribution is -2.74. The Morgan fingerprint density at radius 1 is 1.19 bits per heavy atom. The molecule has 3 aliphatic rings. The van der Waals surface area contributed by atoms with E-state index in [2.05, 4.69) is 4.90 Å². The van der Waals surface area contributed by atoms with Crippen LogP contribution in [0, 0.1) is 12.7 Å². The summed E-state index contributed by atoms with van der Waals surface area (Å²) in [6.45, 7) is 3.69. The van der Waals surface area contributed by atoms with Crippen molar-refractivity contribution in [2.45, 2.75) is 30.6 Å². The molecule has 3 saturated heterocycles. The quantitative estimate of drug-likeness (QED) is 0.664. The van der Waals surface area contributed by atoms with Crippen molar-refractivity contribution in [2.24, 2.45) is 0 Å². The van der Waals surface area contributed by atoms with Gasteiger partial charge in [-0.3, -0.25) is 9.69 Å². The number of rotatable bonds is 5. The lowest BCUT2D eigenvalue weighted by atomic mass is 9.99. The minimum Gasteiger partial charge on any atom is -0.454 e. The van der Waals surface area contributed by atoms with E-state index < -0.39 is 6.10 Å². The fraction of sp³-hybridized carbons (Fsp3) is 0.391. The molecule has 0 bridgehead atoms. The monoisotopic (exact) mass is 442 g/mol. The van der Waals surface area contributed by atoms with E-state index in [9.17, 15) is 14.0 Å². The predicted molar refractivity (Wildman–Crippen MR) is 114 cm³/mol. The SMILES string of the molecule is Cc1cccc(C(=O)OC2CN(C3COC3)C2N2C(=O)CSC2c2ccc(F)cc2)c1. The van der Waals surface area contributed by atoms with Gasteiger partial charge < -0.3 is 14.4 Å². The number of carbonyl (C=O) groups is 2. The number of nitrogens with zero attached hydrogens (tertiary/aromatic N) is 2. The molecule has 5 rings (SSSR count). The maximum absolute atomic E-state index is 13.4. The zero-order chi connectivity index (χ0) is 21.5. The molecule has 0 N–H and O–H groups in total. The maximum atomic E-state index is 13.4. The summed E-state index contributed by atoms with van der Waals surface area (Å²) in [5.41, 5.74) is 2.34. The Kier molecular flexibility index (Phi) is 5.45. The first-order chi connectivity index (χ1) is 15.0. The molecule has 0 radical (unpaired) electrons. The summed E-state index contributed by atoms with van der Waals surface area (Å²) in [5.74, 6) is -0.371. The molecule has 3 fully saturated rings. The van der Waals surface area contributed by atoms with Gasteiger partial charge in [0.1, 0.15) is 23.5 Å². The number of halogens is 1. The van der Waals surface area contributed by atoms with Crippen LogP contribution in [0.15, 0.2) is 48.5 Å². The second kappa shape index (κ2) is 8.26. The second-order valence-corrected chi connectivity index (χ2v) is 9.20. The van der Waals surface area contributed by atoms with E-state index in [4.69, 9.17) is 9.47 Å². The van der Waals surface area contributed by atoms with Crippen molar-refractivity contribution in [1.82, 2.24) is 9.80 Å². The topological polar surface area (TPSA) is 59.1 Å². The Hall–Kier alpha value is -2.42. The van der Waals surface area contributed by atoms with Gasteiger partial charge in [-0.2, -0.15) is 0 Å². The Morgan fingerprint density at radius 2 is 1.97 bits per heavy atom. The van der Waals surface area contributed by atoms with E-state index in [1.54, 1.807) is 29.2 Å². The molecular formula is C23H23FN2O4S. The summed E-state index contributed by atoms with van der Waals surface area (Å²) >= 11 is 1.51. The summed E-state index contributed by atoms with van der Waals surface area (Å²) < 4.78 is 24.7. The number of esters is 1. The molecular weight excluding hydrogens is 419 g/mol. The first-order valence-corrected chi connectivity index (χ1v) is 11.4. The van der Waals surface area contributed by atoms with E-state index in [0.29, 0.717) is 31.1 Å². The van der Waals surface area contributed by atoms with Gasteiger partial charge in [0, 0.05) is 6.54 Å². The van der Waals surface area contributed by atoms with Gasteiger partial charge in [-0.05, 0) is 36.8 Å². The van der Waals surface area contributed by atoms with Gasteiger partial charge in [-0.25, -0.2) is 9.18 Å². The molecule has 6 nitrogen and oxygen atoms in total. The largest absolute Gasteiger partial charge is 0.454 e. The van der Waals surface area contributed by atoms with E-state index in [0.717, 1.165) is 11.1 Å². The third-order valence-corrected chi connectivity index (χ3v) is 7.24. The number of aryl methyl sites for hydroxylation is 1. The number of carbonyl (C=O) groups excluding carboxylic acids is 2. The molecule has 1 amide bonds. The van der Waals surface area contributed by atoms with Gasteiger partial charge >= 0.3 is 5.97 Å². The highest BCUT2D eigenvalue weighted by Crippen LogP contribution is 2.44. The van der Waals surface area contributed by atoms with Gasteiger partial charge in [0.25, 0.3) is 0 Å². The molecule has 0 aliphatic carbocycles. The standard InChI is InChI=1S/C23H23FN2O4S/c1-14-3-2-4-16(9-14)23(28)30-19-10-25(18-11-29-12-18)21(19)26-20(27)13-31-22(26)15-5-7-17(24)8-6-15/h2-9,18-19,21-22H,10-13H2,1H3. The molecule has 2 aromatic rings. The molecule has 3 unspecified atom stereocenters. The number of benzene rings is 2. The van der Waals surface area contributed by atoms with E-state index in [1.165, 1.54) is 23.9 Å². The molecule has 3 heterocycles.